The third-order valence-electron chi connectivity index (χ3n) is 4.04. The highest BCUT2D eigenvalue weighted by Gasteiger charge is 2.10. The molecule has 1 aromatic heterocycles. The lowest BCUT2D eigenvalue weighted by Gasteiger charge is -2.09. The number of hydrogen-bond acceptors (Lipinski definition) is 2. The fraction of sp³-hybridized carbons (Fsp3) is 0.100. The van der Waals surface area contributed by atoms with Crippen LogP contribution in [-0.2, 0) is 0 Å². The van der Waals surface area contributed by atoms with E-state index in [2.05, 4.69) is 59.1 Å². The summed E-state index contributed by atoms with van der Waals surface area (Å²) in [5.41, 5.74) is 7.32. The minimum atomic E-state index is -0.254. The highest BCUT2D eigenvalue weighted by molar-refractivity contribution is 9.10. The molecular weight excluding hydrogens is 458 g/mol. The van der Waals surface area contributed by atoms with Crippen LogP contribution in [0.2, 0.25) is 0 Å². The second kappa shape index (κ2) is 8.01. The van der Waals surface area contributed by atoms with Crippen LogP contribution in [0.3, 0.4) is 0 Å². The number of rotatable bonds is 4. The van der Waals surface area contributed by atoms with Crippen molar-refractivity contribution in [1.82, 2.24) is 9.99 Å². The number of halogens is 2. The predicted octanol–water partition coefficient (Wildman–Crippen LogP) is 5.38. The van der Waals surface area contributed by atoms with Gasteiger partial charge in [0.1, 0.15) is 0 Å². The standard InChI is InChI=1S/C20H17Br2N3O/c1-13-11-15(14(2)25(13)17-9-7-16(21)8-10-17)12-23-24-20(26)18-5-3-4-6-19(18)22/h3-12H,1-2H3,(H,24,26)/b23-12-. The third-order valence-corrected chi connectivity index (χ3v) is 5.26. The van der Waals surface area contributed by atoms with E-state index in [1.807, 2.05) is 50.2 Å². The van der Waals surface area contributed by atoms with Gasteiger partial charge >= 0.3 is 0 Å². The van der Waals surface area contributed by atoms with E-state index in [-0.39, 0.29) is 5.91 Å². The summed E-state index contributed by atoms with van der Waals surface area (Å²) in [5, 5.41) is 4.12. The van der Waals surface area contributed by atoms with E-state index in [1.54, 1.807) is 12.3 Å². The number of aromatic nitrogens is 1. The van der Waals surface area contributed by atoms with Crippen molar-refractivity contribution < 1.29 is 4.79 Å². The Hall–Kier alpha value is -2.18. The van der Waals surface area contributed by atoms with Gasteiger partial charge < -0.3 is 4.57 Å². The number of amides is 1. The topological polar surface area (TPSA) is 46.4 Å². The summed E-state index contributed by atoms with van der Waals surface area (Å²) in [6.07, 6.45) is 1.67. The van der Waals surface area contributed by atoms with Crippen molar-refractivity contribution >= 4 is 44.0 Å². The number of benzene rings is 2. The molecule has 0 aliphatic carbocycles. The smallest absolute Gasteiger partial charge is 0.272 e. The van der Waals surface area contributed by atoms with E-state index in [0.29, 0.717) is 5.56 Å². The number of nitrogens with one attached hydrogen (secondary N) is 1. The molecule has 0 radical (unpaired) electrons. The molecule has 0 saturated carbocycles. The molecule has 0 unspecified atom stereocenters. The number of hydrazone groups is 1. The van der Waals surface area contributed by atoms with Gasteiger partial charge in [-0.1, -0.05) is 28.1 Å². The SMILES string of the molecule is Cc1cc(/C=N\NC(=O)c2ccccc2Br)c(C)n1-c1ccc(Br)cc1. The molecule has 0 aliphatic rings. The van der Waals surface area contributed by atoms with Crippen LogP contribution >= 0.6 is 31.9 Å². The summed E-state index contributed by atoms with van der Waals surface area (Å²) < 4.78 is 3.94. The fourth-order valence-corrected chi connectivity index (χ4v) is 3.50. The highest BCUT2D eigenvalue weighted by Crippen LogP contribution is 2.21. The molecule has 3 aromatic rings. The largest absolute Gasteiger partial charge is 0.318 e. The maximum absolute atomic E-state index is 12.2. The van der Waals surface area contributed by atoms with Gasteiger partial charge in [0.05, 0.1) is 11.8 Å². The van der Waals surface area contributed by atoms with Crippen molar-refractivity contribution in [2.24, 2.45) is 5.10 Å². The molecule has 26 heavy (non-hydrogen) atoms. The first-order valence-corrected chi connectivity index (χ1v) is 9.59. The summed E-state index contributed by atoms with van der Waals surface area (Å²) in [6.45, 7) is 4.08. The molecule has 0 saturated heterocycles. The van der Waals surface area contributed by atoms with E-state index in [4.69, 9.17) is 0 Å². The third kappa shape index (κ3) is 3.97. The van der Waals surface area contributed by atoms with Crippen molar-refractivity contribution in [3.63, 3.8) is 0 Å². The Labute approximate surface area is 169 Å². The van der Waals surface area contributed by atoms with Gasteiger partial charge in [0.15, 0.2) is 0 Å². The van der Waals surface area contributed by atoms with E-state index in [0.717, 1.165) is 31.6 Å². The average Bonchev–Trinajstić information content (AvgIpc) is 2.90. The van der Waals surface area contributed by atoms with E-state index >= 15 is 0 Å². The molecule has 0 bridgehead atoms. The lowest BCUT2D eigenvalue weighted by molar-refractivity contribution is 0.0954. The normalized spacial score (nSPS) is 11.1. The van der Waals surface area contributed by atoms with Gasteiger partial charge in [-0.2, -0.15) is 5.10 Å². The molecule has 132 valence electrons. The Morgan fingerprint density at radius 2 is 1.77 bits per heavy atom. The molecule has 6 heteroatoms. The molecular formula is C20H17Br2N3O. The van der Waals surface area contributed by atoms with Crippen molar-refractivity contribution in [2.75, 3.05) is 0 Å². The van der Waals surface area contributed by atoms with E-state index in [9.17, 15) is 4.79 Å². The number of hydrogen-bond donors (Lipinski definition) is 1. The van der Waals surface area contributed by atoms with E-state index < -0.39 is 0 Å². The number of nitrogens with zero attached hydrogens (tertiary/aromatic N) is 2. The number of aryl methyl sites for hydroxylation is 1. The van der Waals surface area contributed by atoms with Gasteiger partial charge in [-0.3, -0.25) is 4.79 Å². The van der Waals surface area contributed by atoms with Crippen molar-refractivity contribution in [3.05, 3.63) is 86.1 Å². The first-order chi connectivity index (χ1) is 12.5. The molecule has 1 heterocycles. The van der Waals surface area contributed by atoms with Gasteiger partial charge in [-0.15, -0.1) is 0 Å². The van der Waals surface area contributed by atoms with Gasteiger partial charge in [0, 0.05) is 31.6 Å². The van der Waals surface area contributed by atoms with Crippen LogP contribution in [-0.4, -0.2) is 16.7 Å². The summed E-state index contributed by atoms with van der Waals surface area (Å²) >= 11 is 6.83. The molecule has 0 aliphatic heterocycles. The van der Waals surface area contributed by atoms with Crippen LogP contribution in [0, 0.1) is 13.8 Å². The zero-order chi connectivity index (χ0) is 18.7. The van der Waals surface area contributed by atoms with Crippen LogP contribution in [0.5, 0.6) is 0 Å². The molecule has 2 aromatic carbocycles. The average molecular weight is 475 g/mol. The molecule has 3 rings (SSSR count). The Balaban J connectivity index is 1.79. The van der Waals surface area contributed by atoms with Crippen molar-refractivity contribution in [3.8, 4) is 5.69 Å². The number of carbonyl (C=O) groups excluding carboxylic acids is 1. The van der Waals surface area contributed by atoms with Crippen molar-refractivity contribution in [2.45, 2.75) is 13.8 Å². The van der Waals surface area contributed by atoms with Gasteiger partial charge in [-0.25, -0.2) is 5.43 Å². The lowest BCUT2D eigenvalue weighted by Crippen LogP contribution is -2.18. The summed E-state index contributed by atoms with van der Waals surface area (Å²) in [7, 11) is 0. The summed E-state index contributed by atoms with van der Waals surface area (Å²) in [4.78, 5) is 12.2. The van der Waals surface area contributed by atoms with Gasteiger partial charge in [-0.05, 0) is 72.2 Å². The second-order valence-electron chi connectivity index (χ2n) is 5.82. The molecule has 0 atom stereocenters. The monoisotopic (exact) mass is 473 g/mol. The maximum Gasteiger partial charge on any atom is 0.272 e. The highest BCUT2D eigenvalue weighted by atomic mass is 79.9. The quantitative estimate of drug-likeness (QED) is 0.400. The molecule has 0 spiro atoms. The first kappa shape index (κ1) is 18.6. The Kier molecular flexibility index (Phi) is 5.74. The molecule has 1 amide bonds. The Bertz CT molecular complexity index is 975. The second-order valence-corrected chi connectivity index (χ2v) is 7.59. The van der Waals surface area contributed by atoms with Crippen LogP contribution < -0.4 is 5.43 Å². The van der Waals surface area contributed by atoms with Crippen LogP contribution in [0.15, 0.2) is 68.6 Å². The zero-order valence-electron chi connectivity index (χ0n) is 14.3. The summed E-state index contributed by atoms with van der Waals surface area (Å²) in [6, 6.07) is 17.4. The minimum Gasteiger partial charge on any atom is -0.318 e. The lowest BCUT2D eigenvalue weighted by atomic mass is 10.2. The molecule has 0 fully saturated rings. The zero-order valence-corrected chi connectivity index (χ0v) is 17.5. The Morgan fingerprint density at radius 1 is 1.08 bits per heavy atom. The fourth-order valence-electron chi connectivity index (χ4n) is 2.77. The number of carbonyl (C=O) groups is 1. The molecule has 4 nitrogen and oxygen atoms in total. The van der Waals surface area contributed by atoms with Crippen LogP contribution in [0.25, 0.3) is 5.69 Å². The predicted molar refractivity (Wildman–Crippen MR) is 112 cm³/mol. The first-order valence-electron chi connectivity index (χ1n) is 8.00. The Morgan fingerprint density at radius 3 is 2.46 bits per heavy atom. The molecule has 1 N–H and O–H groups in total. The van der Waals surface area contributed by atoms with Crippen LogP contribution in [0.1, 0.15) is 27.3 Å². The van der Waals surface area contributed by atoms with Crippen LogP contribution in [0.4, 0.5) is 0 Å². The summed E-state index contributed by atoms with van der Waals surface area (Å²) in [5.74, 6) is -0.254. The van der Waals surface area contributed by atoms with Gasteiger partial charge in [0.25, 0.3) is 5.91 Å². The minimum absolute atomic E-state index is 0.254. The van der Waals surface area contributed by atoms with Crippen molar-refractivity contribution in [1.29, 1.82) is 0 Å². The van der Waals surface area contributed by atoms with E-state index in [1.165, 1.54) is 0 Å². The maximum atomic E-state index is 12.2. The van der Waals surface area contributed by atoms with Gasteiger partial charge in [0.2, 0.25) is 0 Å².